The summed E-state index contributed by atoms with van der Waals surface area (Å²) in [4.78, 5) is 13.8. The number of rotatable bonds is 4. The monoisotopic (exact) mass is 306 g/mol. The van der Waals surface area contributed by atoms with E-state index in [0.29, 0.717) is 23.6 Å². The first-order valence-corrected chi connectivity index (χ1v) is 7.51. The van der Waals surface area contributed by atoms with Crippen molar-refractivity contribution in [1.82, 2.24) is 4.90 Å². The number of hydrogen-bond acceptors (Lipinski definition) is 4. The van der Waals surface area contributed by atoms with Gasteiger partial charge in [0.05, 0.1) is 25.2 Å². The molecule has 21 heavy (non-hydrogen) atoms. The van der Waals surface area contributed by atoms with Crippen LogP contribution in [0.25, 0.3) is 0 Å². The first kappa shape index (κ1) is 15.8. The average molecular weight is 307 g/mol. The van der Waals surface area contributed by atoms with Gasteiger partial charge in [0.2, 0.25) is 0 Å². The molecule has 0 aliphatic carbocycles. The summed E-state index contributed by atoms with van der Waals surface area (Å²) in [7, 11) is 1.42. The Morgan fingerprint density at radius 3 is 3.00 bits per heavy atom. The van der Waals surface area contributed by atoms with E-state index in [1.54, 1.807) is 12.1 Å². The molecule has 1 aliphatic heterocycles. The van der Waals surface area contributed by atoms with Gasteiger partial charge in [0.1, 0.15) is 0 Å². The Hall–Kier alpha value is -1.57. The minimum Gasteiger partial charge on any atom is -0.469 e. The van der Waals surface area contributed by atoms with E-state index in [9.17, 15) is 4.79 Å². The summed E-state index contributed by atoms with van der Waals surface area (Å²) in [6, 6.07) is 7.65. The lowest BCUT2D eigenvalue weighted by molar-refractivity contribution is -0.142. The van der Waals surface area contributed by atoms with E-state index in [2.05, 4.69) is 11.0 Å². The van der Waals surface area contributed by atoms with Crippen molar-refractivity contribution in [3.05, 3.63) is 34.3 Å². The SMILES string of the molecule is COC(=O)CC1CCCCN1Cc1ccc(C#N)cc1Cl. The third-order valence-corrected chi connectivity index (χ3v) is 4.29. The van der Waals surface area contributed by atoms with Crippen LogP contribution in [0.1, 0.15) is 36.8 Å². The minimum atomic E-state index is -0.169. The Morgan fingerprint density at radius 1 is 1.52 bits per heavy atom. The van der Waals surface area contributed by atoms with Crippen molar-refractivity contribution in [1.29, 1.82) is 5.26 Å². The van der Waals surface area contributed by atoms with Gasteiger partial charge in [-0.25, -0.2) is 0 Å². The van der Waals surface area contributed by atoms with Gasteiger partial charge in [-0.2, -0.15) is 5.26 Å². The third kappa shape index (κ3) is 4.20. The third-order valence-electron chi connectivity index (χ3n) is 3.93. The van der Waals surface area contributed by atoms with E-state index in [1.165, 1.54) is 7.11 Å². The van der Waals surface area contributed by atoms with Crippen LogP contribution in [0, 0.1) is 11.3 Å². The number of nitriles is 1. The van der Waals surface area contributed by atoms with Crippen LogP contribution in [0.4, 0.5) is 0 Å². The fraction of sp³-hybridized carbons (Fsp3) is 0.500. The molecule has 0 saturated carbocycles. The number of carbonyl (C=O) groups is 1. The van der Waals surface area contributed by atoms with Gasteiger partial charge in [0.15, 0.2) is 0 Å². The quantitative estimate of drug-likeness (QED) is 0.802. The number of likely N-dealkylation sites (tertiary alicyclic amines) is 1. The first-order valence-electron chi connectivity index (χ1n) is 7.13. The van der Waals surface area contributed by atoms with Crippen molar-refractivity contribution in [2.75, 3.05) is 13.7 Å². The highest BCUT2D eigenvalue weighted by molar-refractivity contribution is 6.31. The van der Waals surface area contributed by atoms with Gasteiger partial charge in [0, 0.05) is 17.6 Å². The molecular weight excluding hydrogens is 288 g/mol. The number of hydrogen-bond donors (Lipinski definition) is 0. The van der Waals surface area contributed by atoms with E-state index < -0.39 is 0 Å². The van der Waals surface area contributed by atoms with E-state index in [-0.39, 0.29) is 12.0 Å². The number of nitrogens with zero attached hydrogens (tertiary/aromatic N) is 2. The molecule has 1 heterocycles. The van der Waals surface area contributed by atoms with Crippen molar-refractivity contribution in [2.45, 2.75) is 38.3 Å². The summed E-state index contributed by atoms with van der Waals surface area (Å²) < 4.78 is 4.78. The molecule has 1 unspecified atom stereocenters. The Labute approximate surface area is 130 Å². The van der Waals surface area contributed by atoms with E-state index in [1.807, 2.05) is 6.07 Å². The fourth-order valence-electron chi connectivity index (χ4n) is 2.74. The zero-order valence-corrected chi connectivity index (χ0v) is 12.9. The normalized spacial score (nSPS) is 19.0. The molecule has 112 valence electrons. The summed E-state index contributed by atoms with van der Waals surface area (Å²) in [5.41, 5.74) is 1.56. The number of piperidine rings is 1. The Morgan fingerprint density at radius 2 is 2.33 bits per heavy atom. The Kier molecular flexibility index (Phi) is 5.60. The minimum absolute atomic E-state index is 0.169. The summed E-state index contributed by atoms with van der Waals surface area (Å²) >= 11 is 6.24. The van der Waals surface area contributed by atoms with Crippen LogP contribution in [0.2, 0.25) is 5.02 Å². The van der Waals surface area contributed by atoms with Crippen molar-refractivity contribution < 1.29 is 9.53 Å². The van der Waals surface area contributed by atoms with Crippen molar-refractivity contribution >= 4 is 17.6 Å². The summed E-state index contributed by atoms with van der Waals surface area (Å²) in [5, 5.41) is 9.48. The van der Waals surface area contributed by atoms with Gasteiger partial charge >= 0.3 is 5.97 Å². The number of methoxy groups -OCH3 is 1. The molecule has 0 aromatic heterocycles. The zero-order chi connectivity index (χ0) is 15.2. The van der Waals surface area contributed by atoms with E-state index >= 15 is 0 Å². The molecule has 0 spiro atoms. The van der Waals surface area contributed by atoms with Gasteiger partial charge in [-0.1, -0.05) is 24.1 Å². The van der Waals surface area contributed by atoms with Gasteiger partial charge in [-0.3, -0.25) is 9.69 Å². The van der Waals surface area contributed by atoms with E-state index in [0.717, 1.165) is 31.4 Å². The molecule has 1 saturated heterocycles. The van der Waals surface area contributed by atoms with Gasteiger partial charge in [0.25, 0.3) is 0 Å². The molecule has 4 nitrogen and oxygen atoms in total. The van der Waals surface area contributed by atoms with Crippen LogP contribution < -0.4 is 0 Å². The number of carbonyl (C=O) groups excluding carboxylic acids is 1. The van der Waals surface area contributed by atoms with Crippen LogP contribution in [-0.2, 0) is 16.1 Å². The molecule has 1 aromatic rings. The lowest BCUT2D eigenvalue weighted by Crippen LogP contribution is -2.40. The Balaban J connectivity index is 2.08. The second-order valence-corrected chi connectivity index (χ2v) is 5.73. The predicted octanol–water partition coefficient (Wildman–Crippen LogP) is 3.13. The van der Waals surface area contributed by atoms with Crippen LogP contribution in [0.5, 0.6) is 0 Å². The van der Waals surface area contributed by atoms with Gasteiger partial charge < -0.3 is 4.74 Å². The maximum Gasteiger partial charge on any atom is 0.307 e. The summed E-state index contributed by atoms with van der Waals surface area (Å²) in [5.74, 6) is -0.169. The van der Waals surface area contributed by atoms with Gasteiger partial charge in [-0.05, 0) is 37.1 Å². The molecule has 0 bridgehead atoms. The maximum atomic E-state index is 11.5. The van der Waals surface area contributed by atoms with E-state index in [4.69, 9.17) is 21.6 Å². The molecule has 1 atom stereocenters. The topological polar surface area (TPSA) is 53.3 Å². The highest BCUT2D eigenvalue weighted by atomic mass is 35.5. The standard InChI is InChI=1S/C16H19ClN2O2/c1-21-16(20)9-14-4-2-3-7-19(14)11-13-6-5-12(10-18)8-15(13)17/h5-6,8,14H,2-4,7,9,11H2,1H3. The number of ether oxygens (including phenoxy) is 1. The number of halogens is 1. The van der Waals surface area contributed by atoms with Crippen molar-refractivity contribution in [3.63, 3.8) is 0 Å². The number of esters is 1. The predicted molar refractivity (Wildman–Crippen MR) is 80.8 cm³/mol. The largest absolute Gasteiger partial charge is 0.469 e. The van der Waals surface area contributed by atoms with Crippen LogP contribution in [-0.4, -0.2) is 30.6 Å². The van der Waals surface area contributed by atoms with Crippen LogP contribution >= 0.6 is 11.6 Å². The first-order chi connectivity index (χ1) is 10.1. The molecule has 0 N–H and O–H groups in total. The smallest absolute Gasteiger partial charge is 0.307 e. The van der Waals surface area contributed by atoms with Crippen molar-refractivity contribution in [2.24, 2.45) is 0 Å². The molecule has 1 aromatic carbocycles. The fourth-order valence-corrected chi connectivity index (χ4v) is 2.98. The molecule has 0 radical (unpaired) electrons. The van der Waals surface area contributed by atoms with Gasteiger partial charge in [-0.15, -0.1) is 0 Å². The second-order valence-electron chi connectivity index (χ2n) is 5.32. The molecular formula is C16H19ClN2O2. The Bertz CT molecular complexity index is 554. The van der Waals surface area contributed by atoms with Crippen LogP contribution in [0.15, 0.2) is 18.2 Å². The van der Waals surface area contributed by atoms with Crippen LogP contribution in [0.3, 0.4) is 0 Å². The summed E-state index contributed by atoms with van der Waals surface area (Å²) in [6.07, 6.45) is 3.69. The lowest BCUT2D eigenvalue weighted by Gasteiger charge is -2.35. The lowest BCUT2D eigenvalue weighted by atomic mass is 9.98. The zero-order valence-electron chi connectivity index (χ0n) is 12.1. The number of benzene rings is 1. The maximum absolute atomic E-state index is 11.5. The molecule has 5 heteroatoms. The van der Waals surface area contributed by atoms with Crippen molar-refractivity contribution in [3.8, 4) is 6.07 Å². The second kappa shape index (κ2) is 7.44. The summed E-state index contributed by atoms with van der Waals surface area (Å²) in [6.45, 7) is 1.66. The average Bonchev–Trinajstić information content (AvgIpc) is 2.50. The highest BCUT2D eigenvalue weighted by Crippen LogP contribution is 2.25. The molecule has 1 aliphatic rings. The highest BCUT2D eigenvalue weighted by Gasteiger charge is 2.25. The molecule has 0 amide bonds. The molecule has 1 fully saturated rings. The molecule has 2 rings (SSSR count).